The molecule has 2 saturated carbocycles. The van der Waals surface area contributed by atoms with Gasteiger partial charge >= 0.3 is 11.9 Å². The third kappa shape index (κ3) is 4.49. The van der Waals surface area contributed by atoms with Gasteiger partial charge in [-0.2, -0.15) is 0 Å². The summed E-state index contributed by atoms with van der Waals surface area (Å²) in [5.74, 6) is 0.0179. The molecule has 0 atom stereocenters. The van der Waals surface area contributed by atoms with Crippen LogP contribution in [0.2, 0.25) is 0 Å². The lowest BCUT2D eigenvalue weighted by Gasteiger charge is -2.23. The first kappa shape index (κ1) is 14.3. The fourth-order valence-corrected chi connectivity index (χ4v) is 2.03. The molecule has 0 aromatic carbocycles. The molecule has 0 aromatic rings. The van der Waals surface area contributed by atoms with Crippen LogP contribution < -0.4 is 0 Å². The summed E-state index contributed by atoms with van der Waals surface area (Å²) >= 11 is 0. The zero-order valence-corrected chi connectivity index (χ0v) is 11.3. The maximum Gasteiger partial charge on any atom is 0.309 e. The van der Waals surface area contributed by atoms with Crippen LogP contribution in [0, 0.1) is 11.8 Å². The second-order valence-electron chi connectivity index (χ2n) is 5.20. The molecule has 2 fully saturated rings. The van der Waals surface area contributed by atoms with Crippen molar-refractivity contribution in [2.45, 2.75) is 38.5 Å². The summed E-state index contributed by atoms with van der Waals surface area (Å²) in [6.07, 6.45) is 6.08. The average molecular weight is 270 g/mol. The highest BCUT2D eigenvalue weighted by Gasteiger charge is 2.27. The van der Waals surface area contributed by atoms with Crippen LogP contribution in [0.15, 0.2) is 0 Å². The van der Waals surface area contributed by atoms with E-state index in [9.17, 15) is 9.59 Å². The highest BCUT2D eigenvalue weighted by molar-refractivity contribution is 5.73. The molecule has 0 aliphatic heterocycles. The van der Waals surface area contributed by atoms with Gasteiger partial charge in [-0.3, -0.25) is 9.59 Å². The number of rotatable bonds is 8. The van der Waals surface area contributed by atoms with Crippen molar-refractivity contribution in [3.8, 4) is 0 Å². The van der Waals surface area contributed by atoms with Crippen LogP contribution in [0.4, 0.5) is 0 Å². The van der Waals surface area contributed by atoms with Gasteiger partial charge in [-0.15, -0.1) is 0 Å². The first-order valence-electron chi connectivity index (χ1n) is 7.18. The van der Waals surface area contributed by atoms with Gasteiger partial charge in [-0.05, 0) is 25.7 Å². The fraction of sp³-hybridized carbons (Fsp3) is 0.857. The van der Waals surface area contributed by atoms with Gasteiger partial charge in [0.25, 0.3) is 0 Å². The number of carbonyl (C=O) groups excluding carboxylic acids is 2. The third-order valence-corrected chi connectivity index (χ3v) is 3.82. The third-order valence-electron chi connectivity index (χ3n) is 3.82. The SMILES string of the molecule is O=C(OCCOCCOC(=O)C1CCC1)C1CCC1. The molecule has 2 rings (SSSR count). The highest BCUT2D eigenvalue weighted by Crippen LogP contribution is 2.27. The van der Waals surface area contributed by atoms with Gasteiger partial charge in [0.2, 0.25) is 0 Å². The van der Waals surface area contributed by atoms with E-state index in [0.717, 1.165) is 38.5 Å². The molecule has 108 valence electrons. The zero-order valence-electron chi connectivity index (χ0n) is 11.3. The quantitative estimate of drug-likeness (QED) is 0.496. The molecule has 2 aliphatic rings. The lowest BCUT2D eigenvalue weighted by atomic mass is 9.86. The molecular formula is C14H22O5. The highest BCUT2D eigenvalue weighted by atomic mass is 16.6. The van der Waals surface area contributed by atoms with E-state index < -0.39 is 0 Å². The summed E-state index contributed by atoms with van der Waals surface area (Å²) in [7, 11) is 0. The minimum atomic E-state index is -0.105. The summed E-state index contributed by atoms with van der Waals surface area (Å²) in [4.78, 5) is 22.7. The lowest BCUT2D eigenvalue weighted by Crippen LogP contribution is -2.26. The second kappa shape index (κ2) is 7.48. The van der Waals surface area contributed by atoms with Crippen molar-refractivity contribution < 1.29 is 23.8 Å². The topological polar surface area (TPSA) is 61.8 Å². The molecular weight excluding hydrogens is 248 g/mol. The van der Waals surface area contributed by atoms with Gasteiger partial charge < -0.3 is 14.2 Å². The molecule has 5 heteroatoms. The van der Waals surface area contributed by atoms with Gasteiger partial charge in [0.1, 0.15) is 13.2 Å². The van der Waals surface area contributed by atoms with Crippen LogP contribution in [0.1, 0.15) is 38.5 Å². The zero-order chi connectivity index (χ0) is 13.5. The Kier molecular flexibility index (Phi) is 5.63. The smallest absolute Gasteiger partial charge is 0.309 e. The second-order valence-corrected chi connectivity index (χ2v) is 5.20. The predicted octanol–water partition coefficient (Wildman–Crippen LogP) is 1.69. The van der Waals surface area contributed by atoms with Gasteiger partial charge in [0.05, 0.1) is 25.0 Å². The summed E-state index contributed by atoms with van der Waals surface area (Å²) in [5.41, 5.74) is 0. The van der Waals surface area contributed by atoms with Crippen LogP contribution in [-0.4, -0.2) is 38.4 Å². The first-order valence-corrected chi connectivity index (χ1v) is 7.18. The first-order chi connectivity index (χ1) is 9.27. The average Bonchev–Trinajstić information content (AvgIpc) is 2.22. The van der Waals surface area contributed by atoms with Crippen LogP contribution in [0.3, 0.4) is 0 Å². The van der Waals surface area contributed by atoms with Crippen molar-refractivity contribution in [2.24, 2.45) is 11.8 Å². The van der Waals surface area contributed by atoms with E-state index in [-0.39, 0.29) is 37.0 Å². The van der Waals surface area contributed by atoms with Crippen molar-refractivity contribution in [1.29, 1.82) is 0 Å². The molecule has 19 heavy (non-hydrogen) atoms. The Morgan fingerprint density at radius 3 is 1.47 bits per heavy atom. The normalized spacial score (nSPS) is 19.4. The molecule has 0 heterocycles. The molecule has 0 bridgehead atoms. The van der Waals surface area contributed by atoms with E-state index in [1.807, 2.05) is 0 Å². The van der Waals surface area contributed by atoms with Gasteiger partial charge in [0.15, 0.2) is 0 Å². The lowest BCUT2D eigenvalue weighted by molar-refractivity contribution is -0.154. The van der Waals surface area contributed by atoms with E-state index >= 15 is 0 Å². The Hall–Kier alpha value is -1.10. The predicted molar refractivity (Wildman–Crippen MR) is 67.4 cm³/mol. The summed E-state index contributed by atoms with van der Waals surface area (Å²) in [5, 5.41) is 0. The van der Waals surface area contributed by atoms with E-state index in [1.54, 1.807) is 0 Å². The molecule has 0 amide bonds. The van der Waals surface area contributed by atoms with Crippen molar-refractivity contribution in [1.82, 2.24) is 0 Å². The van der Waals surface area contributed by atoms with Crippen molar-refractivity contribution >= 4 is 11.9 Å². The van der Waals surface area contributed by atoms with Crippen LogP contribution in [-0.2, 0) is 23.8 Å². The summed E-state index contributed by atoms with van der Waals surface area (Å²) < 4.78 is 15.4. The molecule has 0 aromatic heterocycles. The number of hydrogen-bond donors (Lipinski definition) is 0. The summed E-state index contributed by atoms with van der Waals surface area (Å²) in [6.45, 7) is 1.29. The molecule has 0 N–H and O–H groups in total. The molecule has 2 aliphatic carbocycles. The molecule has 0 unspecified atom stereocenters. The van der Waals surface area contributed by atoms with E-state index in [2.05, 4.69) is 0 Å². The van der Waals surface area contributed by atoms with Gasteiger partial charge in [-0.1, -0.05) is 12.8 Å². The van der Waals surface area contributed by atoms with Crippen molar-refractivity contribution in [3.05, 3.63) is 0 Å². The Morgan fingerprint density at radius 2 is 1.16 bits per heavy atom. The maximum absolute atomic E-state index is 11.4. The van der Waals surface area contributed by atoms with Gasteiger partial charge in [-0.25, -0.2) is 0 Å². The van der Waals surface area contributed by atoms with Crippen molar-refractivity contribution in [3.63, 3.8) is 0 Å². The van der Waals surface area contributed by atoms with Gasteiger partial charge in [0, 0.05) is 0 Å². The number of esters is 2. The molecule has 0 saturated heterocycles. The molecule has 0 radical (unpaired) electrons. The molecule has 5 nitrogen and oxygen atoms in total. The number of hydrogen-bond acceptors (Lipinski definition) is 5. The Balaban J connectivity index is 1.37. The Morgan fingerprint density at radius 1 is 0.737 bits per heavy atom. The number of carbonyl (C=O) groups is 2. The standard InChI is InChI=1S/C14H22O5/c15-13(11-3-1-4-11)18-9-7-17-8-10-19-14(16)12-5-2-6-12/h11-12H,1-10H2. The van der Waals surface area contributed by atoms with E-state index in [0.29, 0.717) is 13.2 Å². The largest absolute Gasteiger partial charge is 0.463 e. The van der Waals surface area contributed by atoms with Crippen LogP contribution in [0.5, 0.6) is 0 Å². The number of ether oxygens (including phenoxy) is 3. The monoisotopic (exact) mass is 270 g/mol. The Labute approximate surface area is 113 Å². The van der Waals surface area contributed by atoms with Crippen molar-refractivity contribution in [2.75, 3.05) is 26.4 Å². The Bertz CT molecular complexity index is 277. The van der Waals surface area contributed by atoms with E-state index in [1.165, 1.54) is 0 Å². The maximum atomic E-state index is 11.4. The van der Waals surface area contributed by atoms with E-state index in [4.69, 9.17) is 14.2 Å². The minimum Gasteiger partial charge on any atom is -0.463 e. The minimum absolute atomic E-state index is 0.105. The van der Waals surface area contributed by atoms with Crippen LogP contribution >= 0.6 is 0 Å². The molecule has 0 spiro atoms. The van der Waals surface area contributed by atoms with Crippen LogP contribution in [0.25, 0.3) is 0 Å². The fourth-order valence-electron chi connectivity index (χ4n) is 2.03. The summed E-state index contributed by atoms with van der Waals surface area (Å²) in [6, 6.07) is 0.